The summed E-state index contributed by atoms with van der Waals surface area (Å²) in [6.45, 7) is 3.71. The van der Waals surface area contributed by atoms with E-state index in [1.165, 1.54) is 0 Å². The Morgan fingerprint density at radius 2 is 2.04 bits per heavy atom. The summed E-state index contributed by atoms with van der Waals surface area (Å²) in [5.41, 5.74) is 2.35. The largest absolute Gasteiger partial charge is 0.497 e. The van der Waals surface area contributed by atoms with Crippen molar-refractivity contribution < 1.29 is 14.3 Å². The minimum Gasteiger partial charge on any atom is -0.497 e. The molecule has 0 unspecified atom stereocenters. The van der Waals surface area contributed by atoms with E-state index in [1.54, 1.807) is 24.2 Å². The molecule has 3 rings (SSSR count). The minimum absolute atomic E-state index is 0.250. The van der Waals surface area contributed by atoms with E-state index in [4.69, 9.17) is 9.47 Å². The van der Waals surface area contributed by atoms with Crippen LogP contribution in [0.5, 0.6) is 5.75 Å². The van der Waals surface area contributed by atoms with Gasteiger partial charge in [0.05, 0.1) is 12.8 Å². The predicted octanol–water partition coefficient (Wildman–Crippen LogP) is 2.49. The van der Waals surface area contributed by atoms with Gasteiger partial charge < -0.3 is 14.8 Å². The molecule has 0 saturated carbocycles. The van der Waals surface area contributed by atoms with Crippen LogP contribution in [0.25, 0.3) is 16.9 Å². The third kappa shape index (κ3) is 4.52. The molecule has 3 aromatic rings. The van der Waals surface area contributed by atoms with E-state index >= 15 is 0 Å². The average Bonchev–Trinajstić information content (AvgIpc) is 3.19. The number of ether oxygens (including phenoxy) is 2. The van der Waals surface area contributed by atoms with Gasteiger partial charge in [-0.15, -0.1) is 5.10 Å². The summed E-state index contributed by atoms with van der Waals surface area (Å²) in [5.74, 6) is 0.453. The summed E-state index contributed by atoms with van der Waals surface area (Å²) < 4.78 is 12.1. The molecule has 0 fully saturated rings. The van der Waals surface area contributed by atoms with Crippen LogP contribution in [-0.2, 0) is 4.74 Å². The SMILES string of the molecule is CCOCCCNC(=O)c1nnn(-c2ccc(OC)cc2)c1-c1cccnc1. The molecule has 0 atom stereocenters. The second-order valence-corrected chi connectivity index (χ2v) is 5.94. The second kappa shape index (κ2) is 9.61. The maximum Gasteiger partial charge on any atom is 0.274 e. The smallest absolute Gasteiger partial charge is 0.274 e. The van der Waals surface area contributed by atoms with Crippen LogP contribution in [0.3, 0.4) is 0 Å². The van der Waals surface area contributed by atoms with Crippen molar-refractivity contribution in [1.29, 1.82) is 0 Å². The van der Waals surface area contributed by atoms with Crippen molar-refractivity contribution >= 4 is 5.91 Å². The summed E-state index contributed by atoms with van der Waals surface area (Å²) >= 11 is 0. The van der Waals surface area contributed by atoms with Gasteiger partial charge >= 0.3 is 0 Å². The monoisotopic (exact) mass is 381 g/mol. The van der Waals surface area contributed by atoms with E-state index in [9.17, 15) is 4.79 Å². The van der Waals surface area contributed by atoms with E-state index in [1.807, 2.05) is 43.3 Å². The Labute approximate surface area is 163 Å². The fourth-order valence-electron chi connectivity index (χ4n) is 2.70. The first-order valence-electron chi connectivity index (χ1n) is 9.11. The highest BCUT2D eigenvalue weighted by atomic mass is 16.5. The van der Waals surface area contributed by atoms with Crippen molar-refractivity contribution in [3.8, 4) is 22.7 Å². The maximum absolute atomic E-state index is 12.7. The third-order valence-corrected chi connectivity index (χ3v) is 4.09. The summed E-state index contributed by atoms with van der Waals surface area (Å²) in [6.07, 6.45) is 4.09. The number of methoxy groups -OCH3 is 1. The zero-order valence-corrected chi connectivity index (χ0v) is 16.0. The van der Waals surface area contributed by atoms with Crippen LogP contribution in [-0.4, -0.2) is 52.8 Å². The molecule has 1 N–H and O–H groups in total. The van der Waals surface area contributed by atoms with Crippen LogP contribution in [0.4, 0.5) is 0 Å². The van der Waals surface area contributed by atoms with Crippen molar-refractivity contribution in [2.24, 2.45) is 0 Å². The van der Waals surface area contributed by atoms with Gasteiger partial charge in [-0.25, -0.2) is 4.68 Å². The van der Waals surface area contributed by atoms with E-state index in [0.29, 0.717) is 25.5 Å². The van der Waals surface area contributed by atoms with Gasteiger partial charge in [0.2, 0.25) is 0 Å². The van der Waals surface area contributed by atoms with Gasteiger partial charge in [-0.05, 0) is 49.7 Å². The number of pyridine rings is 1. The number of rotatable bonds is 9. The third-order valence-electron chi connectivity index (χ3n) is 4.09. The maximum atomic E-state index is 12.7. The van der Waals surface area contributed by atoms with Crippen LogP contribution in [0, 0.1) is 0 Å². The number of aromatic nitrogens is 4. The van der Waals surface area contributed by atoms with Crippen LogP contribution >= 0.6 is 0 Å². The van der Waals surface area contributed by atoms with E-state index in [0.717, 1.165) is 23.4 Å². The van der Waals surface area contributed by atoms with Gasteiger partial charge in [0.1, 0.15) is 11.4 Å². The number of carbonyl (C=O) groups is 1. The van der Waals surface area contributed by atoms with Gasteiger partial charge in [0.15, 0.2) is 5.69 Å². The molecule has 0 aliphatic heterocycles. The molecule has 0 spiro atoms. The number of amides is 1. The highest BCUT2D eigenvalue weighted by Gasteiger charge is 2.22. The first kappa shape index (κ1) is 19.5. The molecule has 8 nitrogen and oxygen atoms in total. The predicted molar refractivity (Wildman–Crippen MR) is 105 cm³/mol. The van der Waals surface area contributed by atoms with Gasteiger partial charge in [-0.2, -0.15) is 0 Å². The Morgan fingerprint density at radius 1 is 1.21 bits per heavy atom. The quantitative estimate of drug-likeness (QED) is 0.573. The van der Waals surface area contributed by atoms with Gasteiger partial charge in [-0.1, -0.05) is 5.21 Å². The topological polar surface area (TPSA) is 91.2 Å². The van der Waals surface area contributed by atoms with Crippen molar-refractivity contribution in [3.05, 3.63) is 54.5 Å². The lowest BCUT2D eigenvalue weighted by atomic mass is 10.1. The fraction of sp³-hybridized carbons (Fsp3) is 0.300. The lowest BCUT2D eigenvalue weighted by molar-refractivity contribution is 0.0940. The molecule has 2 aromatic heterocycles. The highest BCUT2D eigenvalue weighted by Crippen LogP contribution is 2.25. The van der Waals surface area contributed by atoms with E-state index in [-0.39, 0.29) is 11.6 Å². The molecular formula is C20H23N5O3. The normalized spacial score (nSPS) is 10.6. The molecule has 0 saturated heterocycles. The highest BCUT2D eigenvalue weighted by molar-refractivity contribution is 5.98. The van der Waals surface area contributed by atoms with Crippen LogP contribution in [0.15, 0.2) is 48.8 Å². The first-order valence-corrected chi connectivity index (χ1v) is 9.11. The molecule has 0 aliphatic rings. The number of nitrogens with zero attached hydrogens (tertiary/aromatic N) is 4. The van der Waals surface area contributed by atoms with Crippen molar-refractivity contribution in [1.82, 2.24) is 25.3 Å². The molecule has 8 heteroatoms. The Bertz CT molecular complexity index is 894. The summed E-state index contributed by atoms with van der Waals surface area (Å²) in [7, 11) is 1.61. The fourth-order valence-corrected chi connectivity index (χ4v) is 2.70. The number of nitrogens with one attached hydrogen (secondary N) is 1. The summed E-state index contributed by atoms with van der Waals surface area (Å²) in [6, 6.07) is 11.1. The van der Waals surface area contributed by atoms with Crippen molar-refractivity contribution in [3.63, 3.8) is 0 Å². The average molecular weight is 381 g/mol. The molecule has 1 amide bonds. The Kier molecular flexibility index (Phi) is 6.69. The molecule has 0 radical (unpaired) electrons. The Balaban J connectivity index is 1.90. The van der Waals surface area contributed by atoms with Gasteiger partial charge in [0.25, 0.3) is 5.91 Å². The lowest BCUT2D eigenvalue weighted by Gasteiger charge is -2.09. The standard InChI is InChI=1S/C20H23N5O3/c1-3-28-13-5-12-22-20(26)18-19(15-6-4-11-21-14-15)25(24-23-18)16-7-9-17(27-2)10-8-16/h4,6-11,14H,3,5,12-13H2,1-2H3,(H,22,26). The molecule has 2 heterocycles. The molecular weight excluding hydrogens is 358 g/mol. The van der Waals surface area contributed by atoms with Gasteiger partial charge in [-0.3, -0.25) is 9.78 Å². The molecule has 1 aromatic carbocycles. The molecule has 146 valence electrons. The summed E-state index contributed by atoms with van der Waals surface area (Å²) in [5, 5.41) is 11.2. The lowest BCUT2D eigenvalue weighted by Crippen LogP contribution is -2.26. The van der Waals surface area contributed by atoms with Crippen molar-refractivity contribution in [2.75, 3.05) is 26.9 Å². The van der Waals surface area contributed by atoms with Crippen molar-refractivity contribution in [2.45, 2.75) is 13.3 Å². The Hall–Kier alpha value is -3.26. The van der Waals surface area contributed by atoms with Gasteiger partial charge in [0, 0.05) is 37.7 Å². The molecule has 0 aliphatic carbocycles. The Morgan fingerprint density at radius 3 is 2.71 bits per heavy atom. The zero-order chi connectivity index (χ0) is 19.8. The summed E-state index contributed by atoms with van der Waals surface area (Å²) in [4.78, 5) is 16.9. The minimum atomic E-state index is -0.282. The van der Waals surface area contributed by atoms with E-state index in [2.05, 4.69) is 20.6 Å². The molecule has 0 bridgehead atoms. The second-order valence-electron chi connectivity index (χ2n) is 5.94. The number of hydrogen-bond donors (Lipinski definition) is 1. The zero-order valence-electron chi connectivity index (χ0n) is 16.0. The number of benzene rings is 1. The number of hydrogen-bond acceptors (Lipinski definition) is 6. The van der Waals surface area contributed by atoms with Crippen LogP contribution in [0.2, 0.25) is 0 Å². The molecule has 28 heavy (non-hydrogen) atoms. The van der Waals surface area contributed by atoms with Crippen LogP contribution < -0.4 is 10.1 Å². The van der Waals surface area contributed by atoms with E-state index < -0.39 is 0 Å². The van der Waals surface area contributed by atoms with Crippen LogP contribution in [0.1, 0.15) is 23.8 Å². The first-order chi connectivity index (χ1) is 13.7. The number of carbonyl (C=O) groups excluding carboxylic acids is 1.